The molecule has 3 rings (SSSR count). The van der Waals surface area contributed by atoms with Crippen molar-refractivity contribution in [2.75, 3.05) is 6.54 Å². The Bertz CT molecular complexity index is 602. The van der Waals surface area contributed by atoms with Gasteiger partial charge in [-0.05, 0) is 48.9 Å². The molecule has 1 aliphatic carbocycles. The fourth-order valence-electron chi connectivity index (χ4n) is 3.61. The predicted molar refractivity (Wildman–Crippen MR) is 83.7 cm³/mol. The Hall–Kier alpha value is -1.55. The van der Waals surface area contributed by atoms with E-state index in [0.29, 0.717) is 25.9 Å². The van der Waals surface area contributed by atoms with Crippen molar-refractivity contribution in [3.8, 4) is 0 Å². The average Bonchev–Trinajstić information content (AvgIpc) is 2.53. The number of halogens is 1. The SMILES string of the molecule is O=C(O)C1CCCC(C(=O)N2CCc3cc(Cl)ccc3C2)C1. The van der Waals surface area contributed by atoms with Gasteiger partial charge in [-0.3, -0.25) is 9.59 Å². The summed E-state index contributed by atoms with van der Waals surface area (Å²) >= 11 is 6.01. The Morgan fingerprint density at radius 3 is 2.73 bits per heavy atom. The van der Waals surface area contributed by atoms with Crippen LogP contribution in [0.1, 0.15) is 36.8 Å². The van der Waals surface area contributed by atoms with E-state index in [4.69, 9.17) is 16.7 Å². The lowest BCUT2D eigenvalue weighted by Crippen LogP contribution is -2.41. The highest BCUT2D eigenvalue weighted by Crippen LogP contribution is 2.32. The van der Waals surface area contributed by atoms with Crippen LogP contribution in [0.2, 0.25) is 5.02 Å². The van der Waals surface area contributed by atoms with Crippen LogP contribution >= 0.6 is 11.6 Å². The molecule has 1 fully saturated rings. The minimum absolute atomic E-state index is 0.117. The molecule has 1 aromatic rings. The normalized spacial score (nSPS) is 24.7. The van der Waals surface area contributed by atoms with Crippen molar-refractivity contribution < 1.29 is 14.7 Å². The first-order valence-corrected chi connectivity index (χ1v) is 8.21. The van der Waals surface area contributed by atoms with E-state index in [1.807, 2.05) is 23.1 Å². The Kier molecular flexibility index (Phi) is 4.39. The molecule has 0 radical (unpaired) electrons. The van der Waals surface area contributed by atoms with Gasteiger partial charge in [-0.15, -0.1) is 0 Å². The van der Waals surface area contributed by atoms with Gasteiger partial charge in [0.2, 0.25) is 5.91 Å². The van der Waals surface area contributed by atoms with Crippen molar-refractivity contribution in [1.29, 1.82) is 0 Å². The van der Waals surface area contributed by atoms with E-state index in [2.05, 4.69) is 0 Å². The van der Waals surface area contributed by atoms with E-state index in [-0.39, 0.29) is 17.7 Å². The molecule has 2 unspecified atom stereocenters. The van der Waals surface area contributed by atoms with Crippen LogP contribution in [-0.2, 0) is 22.6 Å². The van der Waals surface area contributed by atoms with Crippen molar-refractivity contribution in [3.63, 3.8) is 0 Å². The Balaban J connectivity index is 1.68. The number of carboxylic acid groups (broad SMARTS) is 1. The lowest BCUT2D eigenvalue weighted by atomic mass is 9.80. The van der Waals surface area contributed by atoms with Crippen LogP contribution in [0.4, 0.5) is 0 Å². The molecule has 0 aromatic heterocycles. The fourth-order valence-corrected chi connectivity index (χ4v) is 3.80. The van der Waals surface area contributed by atoms with E-state index < -0.39 is 5.97 Å². The third kappa shape index (κ3) is 3.12. The van der Waals surface area contributed by atoms with E-state index in [1.165, 1.54) is 5.56 Å². The summed E-state index contributed by atoms with van der Waals surface area (Å²) in [4.78, 5) is 25.7. The molecule has 1 N–H and O–H groups in total. The van der Waals surface area contributed by atoms with Gasteiger partial charge in [0, 0.05) is 24.0 Å². The van der Waals surface area contributed by atoms with Gasteiger partial charge in [-0.1, -0.05) is 24.1 Å². The summed E-state index contributed by atoms with van der Waals surface area (Å²) in [5, 5.41) is 9.90. The topological polar surface area (TPSA) is 57.6 Å². The molecule has 118 valence electrons. The molecule has 1 aromatic carbocycles. The molecule has 2 aliphatic rings. The zero-order valence-electron chi connectivity index (χ0n) is 12.4. The smallest absolute Gasteiger partial charge is 0.306 e. The van der Waals surface area contributed by atoms with Crippen molar-refractivity contribution in [1.82, 2.24) is 4.90 Å². The number of carboxylic acids is 1. The predicted octanol–water partition coefficient (Wildman–Crippen LogP) is 3.12. The molecule has 4 nitrogen and oxygen atoms in total. The first-order valence-electron chi connectivity index (χ1n) is 7.83. The molecule has 5 heteroatoms. The number of hydrogen-bond acceptors (Lipinski definition) is 2. The third-order valence-electron chi connectivity index (χ3n) is 4.86. The molecule has 1 amide bonds. The number of amides is 1. The standard InChI is InChI=1S/C17H20ClNO3/c18-15-5-4-14-10-19(7-6-11(14)9-15)16(20)12-2-1-3-13(8-12)17(21)22/h4-5,9,12-13H,1-3,6-8,10H2,(H,21,22). The highest BCUT2D eigenvalue weighted by molar-refractivity contribution is 6.30. The van der Waals surface area contributed by atoms with Crippen LogP contribution in [0.15, 0.2) is 18.2 Å². The number of carbonyl (C=O) groups excluding carboxylic acids is 1. The number of rotatable bonds is 2. The molecule has 1 heterocycles. The van der Waals surface area contributed by atoms with Crippen LogP contribution in [0.5, 0.6) is 0 Å². The van der Waals surface area contributed by atoms with Crippen LogP contribution < -0.4 is 0 Å². The number of benzene rings is 1. The van der Waals surface area contributed by atoms with E-state index >= 15 is 0 Å². The maximum Gasteiger partial charge on any atom is 0.306 e. The van der Waals surface area contributed by atoms with Gasteiger partial charge in [0.15, 0.2) is 0 Å². The molecule has 0 bridgehead atoms. The Morgan fingerprint density at radius 2 is 1.95 bits per heavy atom. The van der Waals surface area contributed by atoms with Crippen LogP contribution in [-0.4, -0.2) is 28.4 Å². The van der Waals surface area contributed by atoms with Crippen LogP contribution in [0, 0.1) is 11.8 Å². The van der Waals surface area contributed by atoms with Gasteiger partial charge in [-0.2, -0.15) is 0 Å². The van der Waals surface area contributed by atoms with Crippen molar-refractivity contribution >= 4 is 23.5 Å². The average molecular weight is 322 g/mol. The van der Waals surface area contributed by atoms with Crippen molar-refractivity contribution in [2.24, 2.45) is 11.8 Å². The van der Waals surface area contributed by atoms with Gasteiger partial charge < -0.3 is 10.0 Å². The maximum atomic E-state index is 12.7. The lowest BCUT2D eigenvalue weighted by Gasteiger charge is -2.34. The fraction of sp³-hybridized carbons (Fsp3) is 0.529. The molecule has 22 heavy (non-hydrogen) atoms. The van der Waals surface area contributed by atoms with E-state index in [1.54, 1.807) is 0 Å². The maximum absolute atomic E-state index is 12.7. The highest BCUT2D eigenvalue weighted by atomic mass is 35.5. The molecule has 0 saturated heterocycles. The number of fused-ring (bicyclic) bond motifs is 1. The highest BCUT2D eigenvalue weighted by Gasteiger charge is 2.34. The number of nitrogens with zero attached hydrogens (tertiary/aromatic N) is 1. The zero-order valence-corrected chi connectivity index (χ0v) is 13.2. The lowest BCUT2D eigenvalue weighted by molar-refractivity contribution is -0.145. The quantitative estimate of drug-likeness (QED) is 0.910. The van der Waals surface area contributed by atoms with Gasteiger partial charge in [0.1, 0.15) is 0 Å². The second-order valence-electron chi connectivity index (χ2n) is 6.32. The van der Waals surface area contributed by atoms with Crippen molar-refractivity contribution in [2.45, 2.75) is 38.6 Å². The van der Waals surface area contributed by atoms with Gasteiger partial charge in [0.05, 0.1) is 5.92 Å². The number of carbonyl (C=O) groups is 2. The van der Waals surface area contributed by atoms with E-state index in [9.17, 15) is 9.59 Å². The van der Waals surface area contributed by atoms with Crippen molar-refractivity contribution in [3.05, 3.63) is 34.3 Å². The van der Waals surface area contributed by atoms with Gasteiger partial charge in [-0.25, -0.2) is 0 Å². The minimum Gasteiger partial charge on any atom is -0.481 e. The van der Waals surface area contributed by atoms with Crippen LogP contribution in [0.25, 0.3) is 0 Å². The van der Waals surface area contributed by atoms with Gasteiger partial charge in [0.25, 0.3) is 0 Å². The molecule has 0 spiro atoms. The third-order valence-corrected chi connectivity index (χ3v) is 5.10. The summed E-state index contributed by atoms with van der Waals surface area (Å²) in [6, 6.07) is 5.81. The Labute approximate surface area is 135 Å². The summed E-state index contributed by atoms with van der Waals surface area (Å²) in [7, 11) is 0. The molecule has 2 atom stereocenters. The molecule has 1 aliphatic heterocycles. The second kappa shape index (κ2) is 6.29. The summed E-state index contributed by atoms with van der Waals surface area (Å²) < 4.78 is 0. The summed E-state index contributed by atoms with van der Waals surface area (Å²) in [6.45, 7) is 1.31. The molecular formula is C17H20ClNO3. The van der Waals surface area contributed by atoms with Gasteiger partial charge >= 0.3 is 5.97 Å². The molecule has 1 saturated carbocycles. The minimum atomic E-state index is -0.767. The summed E-state index contributed by atoms with van der Waals surface area (Å²) in [5.74, 6) is -1.15. The monoisotopic (exact) mass is 321 g/mol. The summed E-state index contributed by atoms with van der Waals surface area (Å²) in [5.41, 5.74) is 2.36. The number of aliphatic carboxylic acids is 1. The second-order valence-corrected chi connectivity index (χ2v) is 6.76. The first-order chi connectivity index (χ1) is 10.5. The zero-order chi connectivity index (χ0) is 15.7. The number of hydrogen-bond donors (Lipinski definition) is 1. The largest absolute Gasteiger partial charge is 0.481 e. The first kappa shape index (κ1) is 15.3. The molecular weight excluding hydrogens is 302 g/mol. The van der Waals surface area contributed by atoms with E-state index in [0.717, 1.165) is 29.8 Å². The van der Waals surface area contributed by atoms with Crippen LogP contribution in [0.3, 0.4) is 0 Å². The Morgan fingerprint density at radius 1 is 1.18 bits per heavy atom. The summed E-state index contributed by atoms with van der Waals surface area (Å²) in [6.07, 6.45) is 3.63.